The molecular weight excluding hydrogens is 258 g/mol. The van der Waals surface area contributed by atoms with Crippen molar-refractivity contribution < 1.29 is 22.7 Å². The second-order valence-corrected chi connectivity index (χ2v) is 6.06. The molecule has 0 aromatic carbocycles. The van der Waals surface area contributed by atoms with Crippen molar-refractivity contribution in [3.63, 3.8) is 0 Å². The van der Waals surface area contributed by atoms with Gasteiger partial charge in [-0.05, 0) is 13.0 Å². The van der Waals surface area contributed by atoms with Crippen molar-refractivity contribution in [1.82, 2.24) is 5.32 Å². The van der Waals surface area contributed by atoms with Crippen LogP contribution in [0.4, 0.5) is 0 Å². The molecule has 0 saturated heterocycles. The van der Waals surface area contributed by atoms with Crippen LogP contribution in [0.2, 0.25) is 0 Å². The molecule has 1 aromatic rings. The number of carbonyl (C=O) groups is 1. The summed E-state index contributed by atoms with van der Waals surface area (Å²) in [7, 11) is -3.08. The van der Waals surface area contributed by atoms with Gasteiger partial charge in [0.15, 0.2) is 9.84 Å². The standard InChI is InChI=1S/C11H13NO5S/c1-7-10(11(13)14)4-9(17-7)5-12-8-2-3-18(15,16)6-8/h2-4,8,12H,5-6H2,1H3,(H,13,14). The van der Waals surface area contributed by atoms with Crippen LogP contribution in [0, 0.1) is 6.92 Å². The Balaban J connectivity index is 1.98. The minimum atomic E-state index is -3.08. The predicted molar refractivity (Wildman–Crippen MR) is 64.0 cm³/mol. The highest BCUT2D eigenvalue weighted by molar-refractivity contribution is 7.94. The van der Waals surface area contributed by atoms with Gasteiger partial charge in [-0.25, -0.2) is 13.2 Å². The molecule has 0 aliphatic carbocycles. The molecule has 0 radical (unpaired) electrons. The highest BCUT2D eigenvalue weighted by Gasteiger charge is 2.21. The van der Waals surface area contributed by atoms with Crippen molar-refractivity contribution in [3.05, 3.63) is 34.6 Å². The smallest absolute Gasteiger partial charge is 0.339 e. The maximum atomic E-state index is 11.2. The molecule has 1 atom stereocenters. The molecule has 0 bridgehead atoms. The molecule has 0 saturated carbocycles. The zero-order valence-electron chi connectivity index (χ0n) is 9.71. The summed E-state index contributed by atoms with van der Waals surface area (Å²) in [4.78, 5) is 10.8. The van der Waals surface area contributed by atoms with Gasteiger partial charge in [-0.3, -0.25) is 0 Å². The van der Waals surface area contributed by atoms with Gasteiger partial charge in [0.1, 0.15) is 17.1 Å². The number of aryl methyl sites for hydroxylation is 1. The molecule has 0 amide bonds. The molecule has 2 rings (SSSR count). The number of hydrogen-bond acceptors (Lipinski definition) is 5. The first-order valence-electron chi connectivity index (χ1n) is 5.34. The Labute approximate surface area is 104 Å². The van der Waals surface area contributed by atoms with Gasteiger partial charge >= 0.3 is 5.97 Å². The first-order chi connectivity index (χ1) is 8.37. The molecule has 1 aliphatic rings. The van der Waals surface area contributed by atoms with Crippen molar-refractivity contribution in [1.29, 1.82) is 0 Å². The summed E-state index contributed by atoms with van der Waals surface area (Å²) in [5.41, 5.74) is 0.126. The minimum Gasteiger partial charge on any atom is -0.478 e. The van der Waals surface area contributed by atoms with E-state index in [2.05, 4.69) is 5.32 Å². The number of carboxylic acids is 1. The molecule has 2 N–H and O–H groups in total. The van der Waals surface area contributed by atoms with Crippen molar-refractivity contribution in [2.75, 3.05) is 5.75 Å². The van der Waals surface area contributed by atoms with E-state index in [1.807, 2.05) is 0 Å². The Morgan fingerprint density at radius 2 is 2.33 bits per heavy atom. The van der Waals surface area contributed by atoms with Gasteiger partial charge in [-0.15, -0.1) is 0 Å². The van der Waals surface area contributed by atoms with Gasteiger partial charge in [0.05, 0.1) is 12.3 Å². The summed E-state index contributed by atoms with van der Waals surface area (Å²) in [6.07, 6.45) is 1.57. The predicted octanol–water partition coefficient (Wildman–Crippen LogP) is 0.687. The Kier molecular flexibility index (Phi) is 3.27. The fourth-order valence-electron chi connectivity index (χ4n) is 1.78. The highest BCUT2D eigenvalue weighted by atomic mass is 32.2. The van der Waals surface area contributed by atoms with E-state index in [0.29, 0.717) is 18.1 Å². The molecule has 1 aromatic heterocycles. The quantitative estimate of drug-likeness (QED) is 0.836. The Morgan fingerprint density at radius 3 is 2.83 bits per heavy atom. The van der Waals surface area contributed by atoms with E-state index >= 15 is 0 Å². The third kappa shape index (κ3) is 2.80. The molecule has 6 nitrogen and oxygen atoms in total. The van der Waals surface area contributed by atoms with Crippen LogP contribution in [0.1, 0.15) is 21.9 Å². The van der Waals surface area contributed by atoms with E-state index in [1.165, 1.54) is 11.5 Å². The SMILES string of the molecule is Cc1oc(CNC2C=CS(=O)(=O)C2)cc1C(=O)O. The summed E-state index contributed by atoms with van der Waals surface area (Å²) in [5.74, 6) is -0.194. The van der Waals surface area contributed by atoms with Crippen LogP contribution in [0.25, 0.3) is 0 Å². The van der Waals surface area contributed by atoms with Crippen LogP contribution >= 0.6 is 0 Å². The van der Waals surface area contributed by atoms with Crippen LogP contribution in [0.15, 0.2) is 22.0 Å². The zero-order chi connectivity index (χ0) is 13.3. The number of nitrogens with one attached hydrogen (secondary N) is 1. The zero-order valence-corrected chi connectivity index (χ0v) is 10.5. The number of furan rings is 1. The number of sulfone groups is 1. The number of carboxylic acid groups (broad SMARTS) is 1. The highest BCUT2D eigenvalue weighted by Crippen LogP contribution is 2.15. The van der Waals surface area contributed by atoms with Crippen LogP contribution in [0.3, 0.4) is 0 Å². The van der Waals surface area contributed by atoms with Crippen molar-refractivity contribution in [2.45, 2.75) is 19.5 Å². The summed E-state index contributed by atoms with van der Waals surface area (Å²) >= 11 is 0. The summed E-state index contributed by atoms with van der Waals surface area (Å²) in [6, 6.07) is 1.19. The minimum absolute atomic E-state index is 0.0263. The van der Waals surface area contributed by atoms with Crippen molar-refractivity contribution >= 4 is 15.8 Å². The molecule has 0 fully saturated rings. The first-order valence-corrected chi connectivity index (χ1v) is 7.06. The van der Waals surface area contributed by atoms with Crippen LogP contribution in [-0.4, -0.2) is 31.3 Å². The normalized spacial score (nSPS) is 21.3. The summed E-state index contributed by atoms with van der Waals surface area (Å²) < 4.78 is 27.6. The van der Waals surface area contributed by atoms with Gasteiger partial charge in [0.2, 0.25) is 0 Å². The lowest BCUT2D eigenvalue weighted by Gasteiger charge is -2.07. The fraction of sp³-hybridized carbons (Fsp3) is 0.364. The second kappa shape index (κ2) is 4.58. The van der Waals surface area contributed by atoms with Gasteiger partial charge in [0.25, 0.3) is 0 Å². The summed E-state index contributed by atoms with van der Waals surface area (Å²) in [6.45, 7) is 1.87. The molecule has 7 heteroatoms. The second-order valence-electron chi connectivity index (χ2n) is 4.13. The van der Waals surface area contributed by atoms with Gasteiger partial charge in [-0.1, -0.05) is 6.08 Å². The molecule has 0 spiro atoms. The largest absolute Gasteiger partial charge is 0.478 e. The molecule has 18 heavy (non-hydrogen) atoms. The number of hydrogen-bond donors (Lipinski definition) is 2. The average Bonchev–Trinajstić information content (AvgIpc) is 2.79. The molecular formula is C11H13NO5S. The van der Waals surface area contributed by atoms with Crippen LogP contribution in [-0.2, 0) is 16.4 Å². The van der Waals surface area contributed by atoms with Crippen molar-refractivity contribution in [3.8, 4) is 0 Å². The van der Waals surface area contributed by atoms with Gasteiger partial charge in [-0.2, -0.15) is 0 Å². The van der Waals surface area contributed by atoms with E-state index in [9.17, 15) is 13.2 Å². The lowest BCUT2D eigenvalue weighted by atomic mass is 10.2. The Morgan fingerprint density at radius 1 is 1.61 bits per heavy atom. The molecule has 1 aliphatic heterocycles. The van der Waals surface area contributed by atoms with Crippen molar-refractivity contribution in [2.24, 2.45) is 0 Å². The Bertz CT molecular complexity index is 599. The third-order valence-corrected chi connectivity index (χ3v) is 4.06. The van der Waals surface area contributed by atoms with E-state index in [-0.39, 0.29) is 17.4 Å². The first kappa shape index (κ1) is 12.8. The maximum absolute atomic E-state index is 11.2. The Hall–Kier alpha value is -1.60. The van der Waals surface area contributed by atoms with Crippen LogP contribution in [0.5, 0.6) is 0 Å². The van der Waals surface area contributed by atoms with Gasteiger partial charge < -0.3 is 14.8 Å². The maximum Gasteiger partial charge on any atom is 0.339 e. The lowest BCUT2D eigenvalue weighted by molar-refractivity contribution is 0.0695. The molecule has 98 valence electrons. The monoisotopic (exact) mass is 271 g/mol. The number of aromatic carboxylic acids is 1. The van der Waals surface area contributed by atoms with E-state index in [0.717, 1.165) is 0 Å². The average molecular weight is 271 g/mol. The summed E-state index contributed by atoms with van der Waals surface area (Å²) in [5, 5.41) is 13.0. The molecule has 1 unspecified atom stereocenters. The van der Waals surface area contributed by atoms with E-state index in [1.54, 1.807) is 13.0 Å². The molecule has 2 heterocycles. The van der Waals surface area contributed by atoms with E-state index in [4.69, 9.17) is 9.52 Å². The lowest BCUT2D eigenvalue weighted by Crippen LogP contribution is -2.29. The third-order valence-electron chi connectivity index (χ3n) is 2.67. The topological polar surface area (TPSA) is 96.6 Å². The number of rotatable bonds is 4. The fourth-order valence-corrected chi connectivity index (χ4v) is 3.05. The van der Waals surface area contributed by atoms with Crippen LogP contribution < -0.4 is 5.32 Å². The van der Waals surface area contributed by atoms with E-state index < -0.39 is 15.8 Å². The van der Waals surface area contributed by atoms with Gasteiger partial charge in [0, 0.05) is 11.4 Å².